The molecule has 2 heterocycles. The van der Waals surface area contributed by atoms with E-state index in [9.17, 15) is 0 Å². The molecule has 1 unspecified atom stereocenters. The molecule has 0 N–H and O–H groups in total. The molecule has 0 aliphatic heterocycles. The Balaban J connectivity index is 1.46. The van der Waals surface area contributed by atoms with E-state index in [0.29, 0.717) is 22.8 Å². The molecule has 0 aliphatic rings. The quantitative estimate of drug-likeness (QED) is 0.447. The zero-order chi connectivity index (χ0) is 18.6. The number of nitrogens with zero attached hydrogens (tertiary/aromatic N) is 4. The van der Waals surface area contributed by atoms with Crippen LogP contribution in [0.3, 0.4) is 0 Å². The van der Waals surface area contributed by atoms with Crippen LogP contribution in [0.25, 0.3) is 22.8 Å². The molecule has 4 rings (SSSR count). The predicted octanol–water partition coefficient (Wildman–Crippen LogP) is 4.65. The molecule has 0 spiro atoms. The van der Waals surface area contributed by atoms with Gasteiger partial charge in [-0.3, -0.25) is 0 Å². The lowest BCUT2D eigenvalue weighted by molar-refractivity contribution is 0.379. The number of hydrogen-bond donors (Lipinski definition) is 0. The van der Waals surface area contributed by atoms with Gasteiger partial charge in [0.05, 0.1) is 12.4 Å². The molecule has 0 saturated carbocycles. The summed E-state index contributed by atoms with van der Waals surface area (Å²) in [7, 11) is 1.62. The summed E-state index contributed by atoms with van der Waals surface area (Å²) >= 11 is 1.37. The Morgan fingerprint density at radius 2 is 1.74 bits per heavy atom. The molecule has 136 valence electrons. The van der Waals surface area contributed by atoms with Crippen molar-refractivity contribution in [1.29, 1.82) is 0 Å². The number of benzene rings is 2. The minimum Gasteiger partial charge on any atom is -0.497 e. The van der Waals surface area contributed by atoms with Crippen molar-refractivity contribution in [3.8, 4) is 28.6 Å². The van der Waals surface area contributed by atoms with Crippen LogP contribution in [0.15, 0.2) is 68.8 Å². The first-order chi connectivity index (χ1) is 13.2. The lowest BCUT2D eigenvalue weighted by Crippen LogP contribution is -1.89. The Hall–Kier alpha value is -3.13. The third-order valence-electron chi connectivity index (χ3n) is 3.84. The summed E-state index contributed by atoms with van der Waals surface area (Å²) in [4.78, 5) is 4.46. The highest BCUT2D eigenvalue weighted by atomic mass is 32.2. The first-order valence-corrected chi connectivity index (χ1v) is 9.14. The Kier molecular flexibility index (Phi) is 4.88. The minimum atomic E-state index is -0.126. The third kappa shape index (κ3) is 3.85. The van der Waals surface area contributed by atoms with Crippen LogP contribution < -0.4 is 4.74 Å². The summed E-state index contributed by atoms with van der Waals surface area (Å²) < 4.78 is 16.3. The summed E-state index contributed by atoms with van der Waals surface area (Å²) in [5.74, 6) is 2.28. The fourth-order valence-corrected chi connectivity index (χ4v) is 3.13. The average Bonchev–Trinajstić information content (AvgIpc) is 3.39. The summed E-state index contributed by atoms with van der Waals surface area (Å²) in [5, 5.41) is 12.5. The summed E-state index contributed by atoms with van der Waals surface area (Å²) in [6, 6.07) is 17.1. The van der Waals surface area contributed by atoms with Gasteiger partial charge in [-0.25, -0.2) is 0 Å². The molecule has 0 amide bonds. The van der Waals surface area contributed by atoms with Crippen LogP contribution in [0.2, 0.25) is 0 Å². The van der Waals surface area contributed by atoms with Gasteiger partial charge in [0.15, 0.2) is 0 Å². The van der Waals surface area contributed by atoms with Gasteiger partial charge in [-0.15, -0.1) is 10.2 Å². The van der Waals surface area contributed by atoms with Crippen LogP contribution in [0, 0.1) is 0 Å². The standard InChI is InChI=1S/C19H16N4O3S/c1-12(17-20-16(23-26-17)13-6-4-3-5-7-13)27-19-22-21-18(25-19)14-8-10-15(24-2)11-9-14/h3-12H,1-2H3. The molecule has 0 aliphatic carbocycles. The number of hydrogen-bond acceptors (Lipinski definition) is 8. The van der Waals surface area contributed by atoms with Gasteiger partial charge in [-0.1, -0.05) is 47.3 Å². The minimum absolute atomic E-state index is 0.126. The van der Waals surface area contributed by atoms with Crippen LogP contribution in [-0.2, 0) is 0 Å². The molecule has 0 saturated heterocycles. The fraction of sp³-hybridized carbons (Fsp3) is 0.158. The second-order valence-corrected chi connectivity index (χ2v) is 6.98. The third-order valence-corrected chi connectivity index (χ3v) is 4.76. The second kappa shape index (κ2) is 7.63. The van der Waals surface area contributed by atoms with Crippen molar-refractivity contribution in [2.45, 2.75) is 17.4 Å². The number of rotatable bonds is 6. The van der Waals surface area contributed by atoms with E-state index in [2.05, 4.69) is 20.3 Å². The fourth-order valence-electron chi connectivity index (χ4n) is 2.41. The monoisotopic (exact) mass is 380 g/mol. The summed E-state index contributed by atoms with van der Waals surface area (Å²) in [6.07, 6.45) is 0. The Bertz CT molecular complexity index is 1010. The van der Waals surface area contributed by atoms with E-state index in [-0.39, 0.29) is 5.25 Å². The van der Waals surface area contributed by atoms with Crippen LogP contribution >= 0.6 is 11.8 Å². The molecule has 8 heteroatoms. The Labute approximate surface area is 159 Å². The summed E-state index contributed by atoms with van der Waals surface area (Å²) in [5.41, 5.74) is 1.73. The summed E-state index contributed by atoms with van der Waals surface area (Å²) in [6.45, 7) is 1.95. The molecule has 1 atom stereocenters. The highest BCUT2D eigenvalue weighted by molar-refractivity contribution is 7.99. The van der Waals surface area contributed by atoms with Gasteiger partial charge in [-0.2, -0.15) is 4.98 Å². The molecule has 7 nitrogen and oxygen atoms in total. The van der Waals surface area contributed by atoms with Gasteiger partial charge < -0.3 is 13.7 Å². The molecule has 2 aromatic heterocycles. The van der Waals surface area contributed by atoms with Gasteiger partial charge in [0, 0.05) is 11.1 Å². The maximum atomic E-state index is 5.74. The first-order valence-electron chi connectivity index (χ1n) is 8.26. The van der Waals surface area contributed by atoms with Crippen LogP contribution in [0.1, 0.15) is 18.1 Å². The maximum absolute atomic E-state index is 5.74. The number of methoxy groups -OCH3 is 1. The van der Waals surface area contributed by atoms with Crippen molar-refractivity contribution in [1.82, 2.24) is 20.3 Å². The zero-order valence-corrected chi connectivity index (χ0v) is 15.5. The largest absolute Gasteiger partial charge is 0.497 e. The van der Waals surface area contributed by atoms with E-state index < -0.39 is 0 Å². The van der Waals surface area contributed by atoms with Gasteiger partial charge in [0.1, 0.15) is 5.75 Å². The molecule has 2 aromatic carbocycles. The predicted molar refractivity (Wildman–Crippen MR) is 100 cm³/mol. The number of thioether (sulfide) groups is 1. The molecule has 4 aromatic rings. The lowest BCUT2D eigenvalue weighted by atomic mass is 10.2. The van der Waals surface area contributed by atoms with E-state index in [1.807, 2.05) is 61.5 Å². The lowest BCUT2D eigenvalue weighted by Gasteiger charge is -2.01. The normalized spacial score (nSPS) is 12.1. The van der Waals surface area contributed by atoms with Crippen molar-refractivity contribution in [2.24, 2.45) is 0 Å². The van der Waals surface area contributed by atoms with Gasteiger partial charge in [0.2, 0.25) is 17.6 Å². The van der Waals surface area contributed by atoms with Crippen molar-refractivity contribution in [3.63, 3.8) is 0 Å². The van der Waals surface area contributed by atoms with E-state index in [1.54, 1.807) is 7.11 Å². The SMILES string of the molecule is COc1ccc(-c2nnc(SC(C)c3nc(-c4ccccc4)no3)o2)cc1. The Morgan fingerprint density at radius 3 is 2.48 bits per heavy atom. The number of ether oxygens (including phenoxy) is 1. The van der Waals surface area contributed by atoms with E-state index >= 15 is 0 Å². The second-order valence-electron chi connectivity index (χ2n) is 5.68. The zero-order valence-electron chi connectivity index (χ0n) is 14.7. The van der Waals surface area contributed by atoms with E-state index in [0.717, 1.165) is 16.9 Å². The molecule has 27 heavy (non-hydrogen) atoms. The molecule has 0 bridgehead atoms. The van der Waals surface area contributed by atoms with Crippen molar-refractivity contribution >= 4 is 11.8 Å². The van der Waals surface area contributed by atoms with Crippen LogP contribution in [0.4, 0.5) is 0 Å². The molecule has 0 radical (unpaired) electrons. The van der Waals surface area contributed by atoms with Crippen molar-refractivity contribution in [3.05, 3.63) is 60.5 Å². The van der Waals surface area contributed by atoms with Gasteiger partial charge in [0.25, 0.3) is 5.22 Å². The van der Waals surface area contributed by atoms with Gasteiger partial charge >= 0.3 is 0 Å². The highest BCUT2D eigenvalue weighted by Gasteiger charge is 2.20. The molecular formula is C19H16N4O3S. The molecule has 0 fully saturated rings. The number of aromatic nitrogens is 4. The van der Waals surface area contributed by atoms with Crippen molar-refractivity contribution < 1.29 is 13.7 Å². The average molecular weight is 380 g/mol. The Morgan fingerprint density at radius 1 is 0.963 bits per heavy atom. The first kappa shape index (κ1) is 17.3. The van der Waals surface area contributed by atoms with Crippen LogP contribution in [-0.4, -0.2) is 27.4 Å². The maximum Gasteiger partial charge on any atom is 0.277 e. The van der Waals surface area contributed by atoms with E-state index in [1.165, 1.54) is 11.8 Å². The van der Waals surface area contributed by atoms with Gasteiger partial charge in [-0.05, 0) is 31.2 Å². The smallest absolute Gasteiger partial charge is 0.277 e. The van der Waals surface area contributed by atoms with Crippen molar-refractivity contribution in [2.75, 3.05) is 7.11 Å². The molecular weight excluding hydrogens is 364 g/mol. The van der Waals surface area contributed by atoms with E-state index in [4.69, 9.17) is 13.7 Å². The topological polar surface area (TPSA) is 87.1 Å². The highest BCUT2D eigenvalue weighted by Crippen LogP contribution is 2.35. The van der Waals surface area contributed by atoms with Crippen LogP contribution in [0.5, 0.6) is 5.75 Å².